The fourth-order valence-corrected chi connectivity index (χ4v) is 4.19. The Hall–Kier alpha value is -3.37. The second-order valence-electron chi connectivity index (χ2n) is 6.94. The predicted octanol–water partition coefficient (Wildman–Crippen LogP) is 5.31. The molecule has 0 aliphatic rings. The summed E-state index contributed by atoms with van der Waals surface area (Å²) in [6, 6.07) is 11.5. The van der Waals surface area contributed by atoms with Gasteiger partial charge in [0.2, 0.25) is 11.7 Å². The Morgan fingerprint density at radius 2 is 2.06 bits per heavy atom. The zero-order chi connectivity index (χ0) is 22.8. The fourth-order valence-electron chi connectivity index (χ4n) is 3.21. The molecule has 2 aromatic heterocycles. The first kappa shape index (κ1) is 21.8. The van der Waals surface area contributed by atoms with Crippen LogP contribution < -0.4 is 5.32 Å². The number of nitrogens with one attached hydrogen (secondary N) is 1. The topological polar surface area (TPSA) is 116 Å². The quantitative estimate of drug-likeness (QED) is 0.220. The molecule has 2 heterocycles. The maximum Gasteiger partial charge on any atom is 0.269 e. The number of anilines is 1. The minimum absolute atomic E-state index is 0.0219. The van der Waals surface area contributed by atoms with Crippen LogP contribution in [0.1, 0.15) is 12.5 Å². The number of nitro groups is 1. The van der Waals surface area contributed by atoms with Crippen molar-refractivity contribution >= 4 is 51.6 Å². The molecule has 0 saturated carbocycles. The first-order valence-electron chi connectivity index (χ1n) is 9.66. The summed E-state index contributed by atoms with van der Waals surface area (Å²) < 4.78 is 7.76. The zero-order valence-corrected chi connectivity index (χ0v) is 18.7. The third-order valence-electron chi connectivity index (χ3n) is 4.76. The van der Waals surface area contributed by atoms with Gasteiger partial charge in [-0.05, 0) is 49.7 Å². The van der Waals surface area contributed by atoms with Crippen LogP contribution in [-0.4, -0.2) is 31.3 Å². The number of nitro benzene ring substituents is 1. The van der Waals surface area contributed by atoms with Gasteiger partial charge in [-0.2, -0.15) is 0 Å². The summed E-state index contributed by atoms with van der Waals surface area (Å²) in [5.74, 6) is 0.977. The van der Waals surface area contributed by atoms with Crippen molar-refractivity contribution in [3.05, 3.63) is 63.2 Å². The molecule has 32 heavy (non-hydrogen) atoms. The minimum atomic E-state index is -0.472. The molecule has 0 aliphatic heterocycles. The molecule has 0 fully saturated rings. The summed E-state index contributed by atoms with van der Waals surface area (Å²) in [6.07, 6.45) is 0. The molecule has 0 bridgehead atoms. The average molecular weight is 472 g/mol. The summed E-state index contributed by atoms with van der Waals surface area (Å²) in [7, 11) is 0. The van der Waals surface area contributed by atoms with Gasteiger partial charge in [0, 0.05) is 34.8 Å². The number of amides is 1. The second kappa shape index (κ2) is 9.01. The lowest BCUT2D eigenvalue weighted by Crippen LogP contribution is -2.15. The highest BCUT2D eigenvalue weighted by molar-refractivity contribution is 7.99. The van der Waals surface area contributed by atoms with Crippen molar-refractivity contribution in [1.82, 2.24) is 14.8 Å². The number of aromatic nitrogens is 3. The molecule has 2 aromatic carbocycles. The highest BCUT2D eigenvalue weighted by Gasteiger charge is 2.18. The number of carbonyl (C=O) groups excluding carboxylic acids is 1. The van der Waals surface area contributed by atoms with Crippen molar-refractivity contribution in [2.75, 3.05) is 11.1 Å². The van der Waals surface area contributed by atoms with Crippen LogP contribution >= 0.6 is 23.4 Å². The number of non-ortho nitro benzene ring substituents is 1. The van der Waals surface area contributed by atoms with Crippen molar-refractivity contribution < 1.29 is 14.1 Å². The van der Waals surface area contributed by atoms with Crippen LogP contribution in [0.4, 0.5) is 11.4 Å². The van der Waals surface area contributed by atoms with E-state index in [0.717, 1.165) is 5.39 Å². The van der Waals surface area contributed by atoms with E-state index in [-0.39, 0.29) is 17.3 Å². The summed E-state index contributed by atoms with van der Waals surface area (Å²) in [5.41, 5.74) is 1.81. The lowest BCUT2D eigenvalue weighted by atomic mass is 10.2. The summed E-state index contributed by atoms with van der Waals surface area (Å²) in [6.45, 7) is 4.25. The number of aryl methyl sites for hydroxylation is 1. The van der Waals surface area contributed by atoms with E-state index in [1.54, 1.807) is 19.1 Å². The number of hydrogen-bond donors (Lipinski definition) is 1. The number of halogens is 1. The van der Waals surface area contributed by atoms with E-state index in [0.29, 0.717) is 45.1 Å². The zero-order valence-electron chi connectivity index (χ0n) is 17.2. The maximum absolute atomic E-state index is 12.4. The van der Waals surface area contributed by atoms with E-state index >= 15 is 0 Å². The van der Waals surface area contributed by atoms with Crippen LogP contribution in [0.5, 0.6) is 0 Å². The Morgan fingerprint density at radius 1 is 1.25 bits per heavy atom. The van der Waals surface area contributed by atoms with E-state index in [1.807, 2.05) is 23.6 Å². The van der Waals surface area contributed by atoms with Crippen LogP contribution in [0, 0.1) is 17.0 Å². The van der Waals surface area contributed by atoms with Gasteiger partial charge >= 0.3 is 0 Å². The van der Waals surface area contributed by atoms with E-state index < -0.39 is 4.92 Å². The van der Waals surface area contributed by atoms with E-state index in [1.165, 1.54) is 30.0 Å². The first-order chi connectivity index (χ1) is 15.4. The van der Waals surface area contributed by atoms with Gasteiger partial charge in [-0.25, -0.2) is 0 Å². The molecule has 0 unspecified atom stereocenters. The number of nitrogens with zero attached hydrogens (tertiary/aromatic N) is 4. The molecule has 164 valence electrons. The predicted molar refractivity (Wildman–Crippen MR) is 123 cm³/mol. The van der Waals surface area contributed by atoms with Crippen LogP contribution in [0.3, 0.4) is 0 Å². The molecule has 4 aromatic rings. The largest absolute Gasteiger partial charge is 0.453 e. The van der Waals surface area contributed by atoms with Crippen molar-refractivity contribution in [1.29, 1.82) is 0 Å². The first-order valence-corrected chi connectivity index (χ1v) is 11.0. The monoisotopic (exact) mass is 471 g/mol. The van der Waals surface area contributed by atoms with Gasteiger partial charge in [-0.15, -0.1) is 10.2 Å². The summed E-state index contributed by atoms with van der Waals surface area (Å²) in [4.78, 5) is 22.8. The number of benzene rings is 2. The highest BCUT2D eigenvalue weighted by atomic mass is 35.5. The third-order valence-corrected chi connectivity index (χ3v) is 5.96. The normalized spacial score (nSPS) is 11.1. The van der Waals surface area contributed by atoms with Crippen LogP contribution in [0.2, 0.25) is 5.02 Å². The van der Waals surface area contributed by atoms with E-state index in [4.69, 9.17) is 16.0 Å². The van der Waals surface area contributed by atoms with Gasteiger partial charge in [0.05, 0.1) is 10.7 Å². The van der Waals surface area contributed by atoms with Crippen molar-refractivity contribution in [2.45, 2.75) is 25.5 Å². The average Bonchev–Trinajstić information content (AvgIpc) is 3.36. The molecule has 1 amide bonds. The lowest BCUT2D eigenvalue weighted by molar-refractivity contribution is -0.384. The SMILES string of the molecule is CCn1c(SCC(=O)Nc2ccc([N+](=O)[O-])cc2C)nnc1-c1cc2cc(Cl)ccc2o1. The smallest absolute Gasteiger partial charge is 0.269 e. The Kier molecular flexibility index (Phi) is 6.15. The molecule has 1 N–H and O–H groups in total. The van der Waals surface area contributed by atoms with Gasteiger partial charge in [0.1, 0.15) is 5.58 Å². The Labute approximate surface area is 191 Å². The number of carbonyl (C=O) groups is 1. The Balaban J connectivity index is 1.47. The molecule has 0 atom stereocenters. The molecular formula is C21H18ClN5O4S. The Morgan fingerprint density at radius 3 is 2.78 bits per heavy atom. The molecule has 0 aliphatic carbocycles. The van der Waals surface area contributed by atoms with Crippen molar-refractivity contribution in [3.8, 4) is 11.6 Å². The van der Waals surface area contributed by atoms with Gasteiger partial charge in [-0.1, -0.05) is 23.4 Å². The van der Waals surface area contributed by atoms with Crippen molar-refractivity contribution in [3.63, 3.8) is 0 Å². The molecule has 4 rings (SSSR count). The van der Waals surface area contributed by atoms with Crippen LogP contribution in [-0.2, 0) is 11.3 Å². The fraction of sp³-hybridized carbons (Fsp3) is 0.190. The molecule has 0 spiro atoms. The minimum Gasteiger partial charge on any atom is -0.453 e. The molecular weight excluding hydrogens is 454 g/mol. The van der Waals surface area contributed by atoms with Crippen LogP contribution in [0.25, 0.3) is 22.6 Å². The number of rotatable bonds is 7. The molecule has 0 saturated heterocycles. The van der Waals surface area contributed by atoms with Gasteiger partial charge in [0.15, 0.2) is 10.9 Å². The number of fused-ring (bicyclic) bond motifs is 1. The number of furan rings is 1. The summed E-state index contributed by atoms with van der Waals surface area (Å²) >= 11 is 7.29. The van der Waals surface area contributed by atoms with Gasteiger partial charge < -0.3 is 9.73 Å². The number of thioether (sulfide) groups is 1. The molecule has 11 heteroatoms. The van der Waals surface area contributed by atoms with E-state index in [9.17, 15) is 14.9 Å². The lowest BCUT2D eigenvalue weighted by Gasteiger charge is -2.08. The number of hydrogen-bond acceptors (Lipinski definition) is 7. The maximum atomic E-state index is 12.4. The van der Waals surface area contributed by atoms with Gasteiger partial charge in [-0.3, -0.25) is 19.5 Å². The Bertz CT molecular complexity index is 1330. The van der Waals surface area contributed by atoms with Crippen molar-refractivity contribution in [2.24, 2.45) is 0 Å². The highest BCUT2D eigenvalue weighted by Crippen LogP contribution is 2.31. The van der Waals surface area contributed by atoms with Gasteiger partial charge in [0.25, 0.3) is 5.69 Å². The van der Waals surface area contributed by atoms with E-state index in [2.05, 4.69) is 15.5 Å². The standard InChI is InChI=1S/C21H18ClN5O4S/c1-3-26-20(18-10-13-9-14(22)4-7-17(13)31-18)24-25-21(26)32-11-19(28)23-16-6-5-15(27(29)30)8-12(16)2/h4-10H,3,11H2,1-2H3,(H,23,28). The molecule has 9 nitrogen and oxygen atoms in total. The van der Waals surface area contributed by atoms with Crippen LogP contribution in [0.15, 0.2) is 52.0 Å². The summed E-state index contributed by atoms with van der Waals surface area (Å²) in [5, 5.41) is 24.2. The second-order valence-corrected chi connectivity index (χ2v) is 8.32. The molecule has 0 radical (unpaired) electrons. The third kappa shape index (κ3) is 4.46.